The molecule has 0 spiro atoms. The Morgan fingerprint density at radius 1 is 1.23 bits per heavy atom. The van der Waals surface area contributed by atoms with Crippen LogP contribution in [0.5, 0.6) is 0 Å². The molecule has 134 valence electrons. The molecule has 0 bridgehead atoms. The Kier molecular flexibility index (Phi) is 3.68. The first kappa shape index (κ1) is 16.1. The van der Waals surface area contributed by atoms with Crippen molar-refractivity contribution >= 4 is 44.9 Å². The van der Waals surface area contributed by atoms with Crippen LogP contribution in [-0.2, 0) is 11.8 Å². The van der Waals surface area contributed by atoms with Gasteiger partial charge >= 0.3 is 0 Å². The number of piperazine rings is 1. The van der Waals surface area contributed by atoms with E-state index in [-0.39, 0.29) is 5.91 Å². The van der Waals surface area contributed by atoms with E-state index in [9.17, 15) is 4.79 Å². The molecule has 4 heterocycles. The van der Waals surface area contributed by atoms with Crippen molar-refractivity contribution in [3.63, 3.8) is 0 Å². The zero-order valence-electron chi connectivity index (χ0n) is 14.4. The molecule has 5 rings (SSSR count). The molecule has 0 N–H and O–H groups in total. The van der Waals surface area contributed by atoms with Gasteiger partial charge in [0.1, 0.15) is 0 Å². The number of amides is 1. The molecule has 8 heteroatoms. The number of thiophene rings is 1. The van der Waals surface area contributed by atoms with Crippen molar-refractivity contribution in [1.29, 1.82) is 0 Å². The standard InChI is InChI=1S/C18H18ClN5OS/c1-22-17(16-15(19)12-4-2-3-5-13(12)26-16)20-21-18(22)23-8-9-24-11(10-23)6-7-14(24)25/h2-5,11H,6-10H2,1H3. The lowest BCUT2D eigenvalue weighted by atomic mass is 10.2. The van der Waals surface area contributed by atoms with Gasteiger partial charge in [-0.1, -0.05) is 29.8 Å². The van der Waals surface area contributed by atoms with Gasteiger partial charge < -0.3 is 9.80 Å². The summed E-state index contributed by atoms with van der Waals surface area (Å²) in [7, 11) is 1.98. The molecule has 2 fully saturated rings. The third kappa shape index (κ3) is 2.34. The second-order valence-electron chi connectivity index (χ2n) is 6.85. The van der Waals surface area contributed by atoms with Crippen LogP contribution in [-0.4, -0.2) is 51.2 Å². The van der Waals surface area contributed by atoms with Gasteiger partial charge in [-0.25, -0.2) is 0 Å². The molecule has 3 aromatic rings. The van der Waals surface area contributed by atoms with Gasteiger partial charge in [0.15, 0.2) is 5.82 Å². The van der Waals surface area contributed by atoms with E-state index in [1.807, 2.05) is 34.7 Å². The van der Waals surface area contributed by atoms with Crippen LogP contribution >= 0.6 is 22.9 Å². The van der Waals surface area contributed by atoms with Crippen LogP contribution in [0.2, 0.25) is 5.02 Å². The molecule has 0 saturated carbocycles. The van der Waals surface area contributed by atoms with Crippen LogP contribution in [0.15, 0.2) is 24.3 Å². The van der Waals surface area contributed by atoms with E-state index in [2.05, 4.69) is 21.2 Å². The topological polar surface area (TPSA) is 54.3 Å². The first-order valence-corrected chi connectivity index (χ1v) is 9.94. The second kappa shape index (κ2) is 5.96. The van der Waals surface area contributed by atoms with Gasteiger partial charge in [0, 0.05) is 49.2 Å². The molecule has 2 aromatic heterocycles. The highest BCUT2D eigenvalue weighted by molar-refractivity contribution is 7.23. The molecule has 2 aliphatic heterocycles. The van der Waals surface area contributed by atoms with E-state index in [0.29, 0.717) is 12.5 Å². The third-order valence-corrected chi connectivity index (χ3v) is 7.04. The van der Waals surface area contributed by atoms with Crippen molar-refractivity contribution in [2.45, 2.75) is 18.9 Å². The van der Waals surface area contributed by atoms with E-state index >= 15 is 0 Å². The fraction of sp³-hybridized carbons (Fsp3) is 0.389. The highest BCUT2D eigenvalue weighted by Gasteiger charge is 2.36. The van der Waals surface area contributed by atoms with E-state index in [4.69, 9.17) is 11.6 Å². The summed E-state index contributed by atoms with van der Waals surface area (Å²) in [5.74, 6) is 1.91. The molecule has 2 aliphatic rings. The van der Waals surface area contributed by atoms with Crippen LogP contribution in [0.25, 0.3) is 20.8 Å². The van der Waals surface area contributed by atoms with Crippen LogP contribution < -0.4 is 4.90 Å². The van der Waals surface area contributed by atoms with Crippen molar-refractivity contribution in [3.05, 3.63) is 29.3 Å². The largest absolute Gasteiger partial charge is 0.337 e. The van der Waals surface area contributed by atoms with Gasteiger partial charge in [0.2, 0.25) is 11.9 Å². The summed E-state index contributed by atoms with van der Waals surface area (Å²) >= 11 is 8.26. The zero-order chi connectivity index (χ0) is 17.8. The van der Waals surface area contributed by atoms with Crippen molar-refractivity contribution in [1.82, 2.24) is 19.7 Å². The van der Waals surface area contributed by atoms with Gasteiger partial charge in [-0.05, 0) is 12.5 Å². The number of hydrogen-bond acceptors (Lipinski definition) is 5. The summed E-state index contributed by atoms with van der Waals surface area (Å²) in [6.07, 6.45) is 1.60. The molecule has 0 radical (unpaired) electrons. The monoisotopic (exact) mass is 387 g/mol. The number of halogens is 1. The molecular formula is C18H18ClN5OS. The lowest BCUT2D eigenvalue weighted by Crippen LogP contribution is -2.52. The maximum atomic E-state index is 11.9. The molecule has 1 aromatic carbocycles. The summed E-state index contributed by atoms with van der Waals surface area (Å²) in [6, 6.07) is 8.41. The van der Waals surface area contributed by atoms with Gasteiger partial charge in [-0.15, -0.1) is 21.5 Å². The van der Waals surface area contributed by atoms with Gasteiger partial charge in [0.05, 0.1) is 9.90 Å². The summed E-state index contributed by atoms with van der Waals surface area (Å²) < 4.78 is 3.17. The molecular weight excluding hydrogens is 370 g/mol. The van der Waals surface area contributed by atoms with Crippen LogP contribution in [0.1, 0.15) is 12.8 Å². The molecule has 1 amide bonds. The number of aromatic nitrogens is 3. The first-order valence-electron chi connectivity index (χ1n) is 8.74. The van der Waals surface area contributed by atoms with Crippen molar-refractivity contribution in [2.24, 2.45) is 7.05 Å². The average molecular weight is 388 g/mol. The number of anilines is 1. The number of carbonyl (C=O) groups is 1. The SMILES string of the molecule is Cn1c(-c2sc3ccccc3c2Cl)nnc1N1CCN2C(=O)CCC2C1. The number of nitrogens with zero attached hydrogens (tertiary/aromatic N) is 5. The fourth-order valence-corrected chi connectivity index (χ4v) is 5.53. The first-order chi connectivity index (χ1) is 12.6. The van der Waals surface area contributed by atoms with Crippen LogP contribution in [0, 0.1) is 0 Å². The predicted octanol–water partition coefficient (Wildman–Crippen LogP) is 3.16. The zero-order valence-corrected chi connectivity index (χ0v) is 15.9. The summed E-state index contributed by atoms with van der Waals surface area (Å²) in [5, 5.41) is 10.7. The minimum absolute atomic E-state index is 0.283. The smallest absolute Gasteiger partial charge is 0.227 e. The highest BCUT2D eigenvalue weighted by atomic mass is 35.5. The molecule has 2 saturated heterocycles. The highest BCUT2D eigenvalue weighted by Crippen LogP contribution is 2.41. The average Bonchev–Trinajstić information content (AvgIpc) is 3.31. The molecule has 0 aliphatic carbocycles. The van der Waals surface area contributed by atoms with Crippen molar-refractivity contribution in [3.8, 4) is 10.7 Å². The molecule has 6 nitrogen and oxygen atoms in total. The number of benzene rings is 1. The Morgan fingerprint density at radius 3 is 2.92 bits per heavy atom. The number of fused-ring (bicyclic) bond motifs is 2. The Balaban J connectivity index is 1.49. The van der Waals surface area contributed by atoms with Crippen LogP contribution in [0.4, 0.5) is 5.95 Å². The van der Waals surface area contributed by atoms with Crippen LogP contribution in [0.3, 0.4) is 0 Å². The van der Waals surface area contributed by atoms with Gasteiger partial charge in [-0.3, -0.25) is 9.36 Å². The lowest BCUT2D eigenvalue weighted by Gasteiger charge is -2.37. The lowest BCUT2D eigenvalue weighted by molar-refractivity contribution is -0.129. The van der Waals surface area contributed by atoms with Gasteiger partial charge in [-0.2, -0.15) is 0 Å². The third-order valence-electron chi connectivity index (χ3n) is 5.37. The van der Waals surface area contributed by atoms with E-state index in [1.54, 1.807) is 11.3 Å². The Bertz CT molecular complexity index is 1010. The van der Waals surface area contributed by atoms with Crippen molar-refractivity contribution < 1.29 is 4.79 Å². The Morgan fingerprint density at radius 2 is 2.08 bits per heavy atom. The number of rotatable bonds is 2. The molecule has 1 atom stereocenters. The van der Waals surface area contributed by atoms with E-state index in [0.717, 1.165) is 57.8 Å². The maximum Gasteiger partial charge on any atom is 0.227 e. The quantitative estimate of drug-likeness (QED) is 0.677. The minimum Gasteiger partial charge on any atom is -0.337 e. The van der Waals surface area contributed by atoms with Gasteiger partial charge in [0.25, 0.3) is 0 Å². The van der Waals surface area contributed by atoms with E-state index in [1.165, 1.54) is 0 Å². The van der Waals surface area contributed by atoms with Crippen molar-refractivity contribution in [2.75, 3.05) is 24.5 Å². The predicted molar refractivity (Wildman–Crippen MR) is 104 cm³/mol. The second-order valence-corrected chi connectivity index (χ2v) is 8.28. The molecule has 1 unspecified atom stereocenters. The fourth-order valence-electron chi connectivity index (χ4n) is 4.00. The Labute approximate surface area is 160 Å². The minimum atomic E-state index is 0.283. The number of carbonyl (C=O) groups excluding carboxylic acids is 1. The summed E-state index contributed by atoms with van der Waals surface area (Å²) in [5.41, 5.74) is 0. The maximum absolute atomic E-state index is 11.9. The summed E-state index contributed by atoms with van der Waals surface area (Å²) in [6.45, 7) is 2.36. The number of hydrogen-bond donors (Lipinski definition) is 0. The van der Waals surface area contributed by atoms with E-state index < -0.39 is 0 Å². The normalized spacial score (nSPS) is 20.2. The Hall–Kier alpha value is -2.12. The summed E-state index contributed by atoms with van der Waals surface area (Å²) in [4.78, 5) is 17.1. The molecule has 26 heavy (non-hydrogen) atoms.